The molecule has 1 aliphatic heterocycles. The van der Waals surface area contributed by atoms with Crippen molar-refractivity contribution in [1.82, 2.24) is 9.88 Å². The monoisotopic (exact) mass is 297 g/mol. The number of halogens is 2. The van der Waals surface area contributed by atoms with Crippen molar-refractivity contribution in [3.63, 3.8) is 0 Å². The second kappa shape index (κ2) is 7.87. The van der Waals surface area contributed by atoms with Crippen molar-refractivity contribution in [3.8, 4) is 0 Å². The van der Waals surface area contributed by atoms with Crippen molar-refractivity contribution in [2.75, 3.05) is 19.6 Å². The zero-order valence-electron chi connectivity index (χ0n) is 9.37. The molecule has 0 aliphatic carbocycles. The Kier molecular flexibility index (Phi) is 7.70. The van der Waals surface area contributed by atoms with E-state index in [0.717, 1.165) is 25.9 Å². The number of hydrogen-bond acceptors (Lipinski definition) is 4. The van der Waals surface area contributed by atoms with E-state index in [1.54, 1.807) is 11.3 Å². The minimum atomic E-state index is 0. The van der Waals surface area contributed by atoms with E-state index in [0.29, 0.717) is 5.92 Å². The molecular formula is C10H17Cl2N3OS. The molecule has 1 saturated heterocycles. The van der Waals surface area contributed by atoms with E-state index in [-0.39, 0.29) is 37.3 Å². The molecule has 1 aliphatic rings. The van der Waals surface area contributed by atoms with E-state index < -0.39 is 0 Å². The summed E-state index contributed by atoms with van der Waals surface area (Å²) in [6, 6.07) is 0. The van der Waals surface area contributed by atoms with Crippen LogP contribution in [0.1, 0.15) is 23.8 Å². The number of rotatable bonds is 2. The molecule has 1 aromatic rings. The lowest BCUT2D eigenvalue weighted by Gasteiger charge is -2.30. The van der Waals surface area contributed by atoms with Crippen molar-refractivity contribution in [3.05, 3.63) is 16.6 Å². The van der Waals surface area contributed by atoms with E-state index >= 15 is 0 Å². The summed E-state index contributed by atoms with van der Waals surface area (Å²) in [7, 11) is 0. The Morgan fingerprint density at radius 2 is 2.12 bits per heavy atom. The number of hydrogen-bond donors (Lipinski definition) is 1. The van der Waals surface area contributed by atoms with E-state index in [1.165, 1.54) is 5.01 Å². The standard InChI is InChI=1S/C10H15N3OS.2ClH/c11-7-9(14)13-4-1-8(2-5-13)10-12-3-6-15-10;;/h3,6,8H,1-2,4-5,7,11H2;2*1H. The Labute approximate surface area is 117 Å². The first-order valence-corrected chi connectivity index (χ1v) is 6.06. The summed E-state index contributed by atoms with van der Waals surface area (Å²) in [5, 5.41) is 3.21. The largest absolute Gasteiger partial charge is 0.342 e. The minimum Gasteiger partial charge on any atom is -0.342 e. The van der Waals surface area contributed by atoms with Crippen LogP contribution in [0.15, 0.2) is 11.6 Å². The highest BCUT2D eigenvalue weighted by Crippen LogP contribution is 2.28. The Balaban J connectivity index is 0.00000128. The van der Waals surface area contributed by atoms with Gasteiger partial charge < -0.3 is 10.6 Å². The quantitative estimate of drug-likeness (QED) is 0.903. The number of nitrogens with zero attached hydrogens (tertiary/aromatic N) is 2. The Morgan fingerprint density at radius 3 is 2.59 bits per heavy atom. The van der Waals surface area contributed by atoms with Crippen LogP contribution in [0.25, 0.3) is 0 Å². The molecule has 0 bridgehead atoms. The van der Waals surface area contributed by atoms with Crippen LogP contribution in [0, 0.1) is 0 Å². The van der Waals surface area contributed by atoms with Crippen LogP contribution in [0.2, 0.25) is 0 Å². The molecule has 0 saturated carbocycles. The summed E-state index contributed by atoms with van der Waals surface area (Å²) in [6.45, 7) is 1.77. The van der Waals surface area contributed by atoms with Crippen LogP contribution in [-0.4, -0.2) is 35.4 Å². The summed E-state index contributed by atoms with van der Waals surface area (Å²) in [5.41, 5.74) is 5.33. The molecule has 0 spiro atoms. The maximum atomic E-state index is 11.3. The zero-order valence-corrected chi connectivity index (χ0v) is 11.8. The molecule has 1 fully saturated rings. The average molecular weight is 298 g/mol. The fourth-order valence-electron chi connectivity index (χ4n) is 1.94. The van der Waals surface area contributed by atoms with Gasteiger partial charge in [-0.05, 0) is 12.8 Å². The van der Waals surface area contributed by atoms with Gasteiger partial charge in [-0.25, -0.2) is 4.98 Å². The summed E-state index contributed by atoms with van der Waals surface area (Å²) in [4.78, 5) is 17.5. The molecule has 0 unspecified atom stereocenters. The van der Waals surface area contributed by atoms with Gasteiger partial charge in [0.15, 0.2) is 0 Å². The van der Waals surface area contributed by atoms with Crippen LogP contribution in [0.4, 0.5) is 0 Å². The summed E-state index contributed by atoms with van der Waals surface area (Å²) in [5.74, 6) is 0.597. The summed E-state index contributed by atoms with van der Waals surface area (Å²) < 4.78 is 0. The third-order valence-corrected chi connectivity index (χ3v) is 3.76. The van der Waals surface area contributed by atoms with Crippen LogP contribution in [0.5, 0.6) is 0 Å². The molecule has 98 valence electrons. The predicted molar refractivity (Wildman–Crippen MR) is 74.2 cm³/mol. The number of nitrogens with two attached hydrogens (primary N) is 1. The zero-order chi connectivity index (χ0) is 10.7. The first-order valence-electron chi connectivity index (χ1n) is 5.18. The van der Waals surface area contributed by atoms with Gasteiger partial charge >= 0.3 is 0 Å². The van der Waals surface area contributed by atoms with Gasteiger partial charge in [-0.2, -0.15) is 0 Å². The number of carbonyl (C=O) groups is 1. The van der Waals surface area contributed by atoms with Crippen LogP contribution >= 0.6 is 36.2 Å². The third-order valence-electron chi connectivity index (χ3n) is 2.82. The van der Waals surface area contributed by atoms with Crippen molar-refractivity contribution >= 4 is 42.1 Å². The second-order valence-corrected chi connectivity index (χ2v) is 4.66. The lowest BCUT2D eigenvalue weighted by atomic mass is 9.97. The van der Waals surface area contributed by atoms with Crippen LogP contribution in [0.3, 0.4) is 0 Å². The molecule has 1 amide bonds. The fourth-order valence-corrected chi connectivity index (χ4v) is 2.75. The number of likely N-dealkylation sites (tertiary alicyclic amines) is 1. The van der Waals surface area contributed by atoms with E-state index in [4.69, 9.17) is 5.73 Å². The predicted octanol–water partition coefficient (Wildman–Crippen LogP) is 1.65. The van der Waals surface area contributed by atoms with Gasteiger partial charge in [0, 0.05) is 30.6 Å². The molecule has 2 heterocycles. The van der Waals surface area contributed by atoms with Gasteiger partial charge in [-0.1, -0.05) is 0 Å². The molecule has 1 aromatic heterocycles. The van der Waals surface area contributed by atoms with E-state index in [9.17, 15) is 4.79 Å². The van der Waals surface area contributed by atoms with Gasteiger partial charge in [0.05, 0.1) is 11.6 Å². The smallest absolute Gasteiger partial charge is 0.236 e. The lowest BCUT2D eigenvalue weighted by Crippen LogP contribution is -2.41. The summed E-state index contributed by atoms with van der Waals surface area (Å²) in [6.07, 6.45) is 3.87. The first-order chi connectivity index (χ1) is 7.31. The highest BCUT2D eigenvalue weighted by Gasteiger charge is 2.24. The van der Waals surface area contributed by atoms with Crippen molar-refractivity contribution < 1.29 is 4.79 Å². The highest BCUT2D eigenvalue weighted by atomic mass is 35.5. The number of thiazole rings is 1. The molecule has 0 aromatic carbocycles. The number of amides is 1. The Hall–Kier alpha value is -0.360. The second-order valence-electron chi connectivity index (χ2n) is 3.73. The maximum absolute atomic E-state index is 11.3. The molecule has 17 heavy (non-hydrogen) atoms. The molecule has 4 nitrogen and oxygen atoms in total. The fraction of sp³-hybridized carbons (Fsp3) is 0.600. The maximum Gasteiger partial charge on any atom is 0.236 e. The van der Waals surface area contributed by atoms with Crippen LogP contribution in [-0.2, 0) is 4.79 Å². The number of carbonyl (C=O) groups excluding carboxylic acids is 1. The molecular weight excluding hydrogens is 281 g/mol. The van der Waals surface area contributed by atoms with Gasteiger partial charge in [0.2, 0.25) is 5.91 Å². The lowest BCUT2D eigenvalue weighted by molar-refractivity contribution is -0.130. The molecule has 0 atom stereocenters. The van der Waals surface area contributed by atoms with E-state index in [1.807, 2.05) is 16.5 Å². The normalized spacial score (nSPS) is 15.9. The molecule has 0 radical (unpaired) electrons. The van der Waals surface area contributed by atoms with Crippen molar-refractivity contribution in [1.29, 1.82) is 0 Å². The average Bonchev–Trinajstić information content (AvgIpc) is 2.82. The minimum absolute atomic E-state index is 0. The van der Waals surface area contributed by atoms with Gasteiger partial charge in [0.1, 0.15) is 0 Å². The van der Waals surface area contributed by atoms with Gasteiger partial charge in [-0.3, -0.25) is 4.79 Å². The summed E-state index contributed by atoms with van der Waals surface area (Å²) >= 11 is 1.71. The highest BCUT2D eigenvalue weighted by molar-refractivity contribution is 7.09. The third kappa shape index (κ3) is 4.10. The van der Waals surface area contributed by atoms with Crippen molar-refractivity contribution in [2.45, 2.75) is 18.8 Å². The molecule has 7 heteroatoms. The topological polar surface area (TPSA) is 59.2 Å². The van der Waals surface area contributed by atoms with Gasteiger partial charge in [0.25, 0.3) is 0 Å². The Bertz CT molecular complexity index is 326. The first kappa shape index (κ1) is 16.6. The Morgan fingerprint density at radius 1 is 1.47 bits per heavy atom. The molecule has 2 N–H and O–H groups in total. The van der Waals surface area contributed by atoms with Crippen LogP contribution < -0.4 is 5.73 Å². The number of piperidine rings is 1. The molecule has 2 rings (SSSR count). The van der Waals surface area contributed by atoms with Crippen molar-refractivity contribution in [2.24, 2.45) is 5.73 Å². The van der Waals surface area contributed by atoms with E-state index in [2.05, 4.69) is 4.98 Å². The number of aromatic nitrogens is 1. The van der Waals surface area contributed by atoms with Gasteiger partial charge in [-0.15, -0.1) is 36.2 Å². The SMILES string of the molecule is Cl.Cl.NCC(=O)N1CCC(c2nccs2)CC1.